The summed E-state index contributed by atoms with van der Waals surface area (Å²) in [7, 11) is 3.10. The molecular weight excluding hydrogens is 473 g/mol. The molecule has 0 fully saturated rings. The van der Waals surface area contributed by atoms with Crippen LogP contribution in [0.3, 0.4) is 0 Å². The quantitative estimate of drug-likeness (QED) is 0.372. The monoisotopic (exact) mass is 496 g/mol. The molecule has 0 unspecified atom stereocenters. The number of hydrogen-bond acceptors (Lipinski definition) is 5. The first-order valence-corrected chi connectivity index (χ1v) is 10.8. The number of ether oxygens (including phenoxy) is 2. The summed E-state index contributed by atoms with van der Waals surface area (Å²) in [5, 5.41) is 7.20. The van der Waals surface area contributed by atoms with Gasteiger partial charge >= 0.3 is 6.18 Å². The van der Waals surface area contributed by atoms with Gasteiger partial charge in [0.15, 0.2) is 0 Å². The van der Waals surface area contributed by atoms with Gasteiger partial charge in [-0.3, -0.25) is 4.79 Å². The highest BCUT2D eigenvalue weighted by Crippen LogP contribution is 2.32. The highest BCUT2D eigenvalue weighted by atomic mass is 19.4. The van der Waals surface area contributed by atoms with E-state index in [1.807, 2.05) is 6.07 Å². The molecule has 0 atom stereocenters. The van der Waals surface area contributed by atoms with Crippen LogP contribution in [-0.4, -0.2) is 29.9 Å². The normalized spacial score (nSPS) is 11.2. The minimum absolute atomic E-state index is 0.242. The molecule has 7 nitrogen and oxygen atoms in total. The van der Waals surface area contributed by atoms with Gasteiger partial charge in [-0.15, -0.1) is 0 Å². The number of halogens is 3. The molecule has 0 aliphatic rings. The fraction of sp³-hybridized carbons (Fsp3) is 0.154. The van der Waals surface area contributed by atoms with Gasteiger partial charge in [0.25, 0.3) is 5.91 Å². The molecule has 4 aromatic rings. The first kappa shape index (κ1) is 24.6. The van der Waals surface area contributed by atoms with E-state index in [1.165, 1.54) is 30.0 Å². The number of carbonyl (C=O) groups excluding carboxylic acids is 1. The van der Waals surface area contributed by atoms with E-state index in [2.05, 4.69) is 10.4 Å². The van der Waals surface area contributed by atoms with Crippen LogP contribution in [0.25, 0.3) is 16.9 Å². The van der Waals surface area contributed by atoms with Crippen LogP contribution in [0.2, 0.25) is 0 Å². The number of aromatic nitrogens is 2. The number of methoxy groups -OCH3 is 2. The van der Waals surface area contributed by atoms with Gasteiger partial charge in [0.2, 0.25) is 0 Å². The van der Waals surface area contributed by atoms with Crippen molar-refractivity contribution in [3.8, 4) is 28.4 Å². The van der Waals surface area contributed by atoms with Crippen molar-refractivity contribution in [2.45, 2.75) is 12.7 Å². The summed E-state index contributed by atoms with van der Waals surface area (Å²) >= 11 is 0. The lowest BCUT2D eigenvalue weighted by Gasteiger charge is -2.12. The third-order valence-corrected chi connectivity index (χ3v) is 5.53. The Kier molecular flexibility index (Phi) is 6.86. The van der Waals surface area contributed by atoms with Gasteiger partial charge < -0.3 is 20.5 Å². The molecule has 1 aromatic heterocycles. The Labute approximate surface area is 205 Å². The average Bonchev–Trinajstić information content (AvgIpc) is 3.28. The van der Waals surface area contributed by atoms with Crippen LogP contribution in [-0.2, 0) is 12.7 Å². The Bertz CT molecular complexity index is 1380. The zero-order valence-corrected chi connectivity index (χ0v) is 19.5. The number of alkyl halides is 3. The fourth-order valence-electron chi connectivity index (χ4n) is 3.63. The smallest absolute Gasteiger partial charge is 0.416 e. The van der Waals surface area contributed by atoms with E-state index in [0.29, 0.717) is 34.0 Å². The van der Waals surface area contributed by atoms with E-state index in [1.54, 1.807) is 43.5 Å². The van der Waals surface area contributed by atoms with Crippen molar-refractivity contribution in [1.29, 1.82) is 0 Å². The molecule has 1 amide bonds. The maximum atomic E-state index is 13.1. The molecule has 0 bridgehead atoms. The average molecular weight is 496 g/mol. The van der Waals surface area contributed by atoms with Crippen LogP contribution in [0.4, 0.5) is 19.0 Å². The molecule has 4 rings (SSSR count). The molecule has 0 radical (unpaired) electrons. The minimum Gasteiger partial charge on any atom is -0.497 e. The summed E-state index contributed by atoms with van der Waals surface area (Å²) in [6.45, 7) is 0.250. The lowest BCUT2D eigenvalue weighted by atomic mass is 10.1. The maximum Gasteiger partial charge on any atom is 0.416 e. The summed E-state index contributed by atoms with van der Waals surface area (Å²) in [5.74, 6) is 1.19. The highest BCUT2D eigenvalue weighted by Gasteiger charge is 2.30. The molecule has 0 aliphatic carbocycles. The second-order valence-corrected chi connectivity index (χ2v) is 7.85. The summed E-state index contributed by atoms with van der Waals surface area (Å²) in [4.78, 5) is 12.6. The number of anilines is 1. The van der Waals surface area contributed by atoms with Gasteiger partial charge in [0.05, 0.1) is 31.2 Å². The van der Waals surface area contributed by atoms with Gasteiger partial charge in [-0.25, -0.2) is 4.68 Å². The van der Waals surface area contributed by atoms with Crippen LogP contribution in [0.5, 0.6) is 11.5 Å². The number of rotatable bonds is 7. The second-order valence-electron chi connectivity index (χ2n) is 7.85. The number of hydrogen-bond donors (Lipinski definition) is 2. The zero-order valence-electron chi connectivity index (χ0n) is 19.5. The number of carbonyl (C=O) groups is 1. The maximum absolute atomic E-state index is 13.1. The Hall–Kier alpha value is -4.47. The topological polar surface area (TPSA) is 91.4 Å². The molecule has 10 heteroatoms. The Morgan fingerprint density at radius 3 is 2.42 bits per heavy atom. The van der Waals surface area contributed by atoms with Gasteiger partial charge in [-0.1, -0.05) is 12.1 Å². The van der Waals surface area contributed by atoms with Crippen molar-refractivity contribution < 1.29 is 27.4 Å². The number of nitrogen functional groups attached to an aromatic ring is 1. The number of nitrogens with zero attached hydrogens (tertiary/aromatic N) is 2. The summed E-state index contributed by atoms with van der Waals surface area (Å²) in [6, 6.07) is 18.2. The van der Waals surface area contributed by atoms with Crippen LogP contribution in [0.15, 0.2) is 72.8 Å². The molecule has 0 saturated heterocycles. The second kappa shape index (κ2) is 10.0. The third-order valence-electron chi connectivity index (χ3n) is 5.53. The van der Waals surface area contributed by atoms with Gasteiger partial charge in [0, 0.05) is 35.4 Å². The lowest BCUT2D eigenvalue weighted by Crippen LogP contribution is -2.23. The number of nitrogens with one attached hydrogen (secondary N) is 1. The zero-order chi connectivity index (χ0) is 25.9. The SMILES string of the molecule is COc1ccc(CNC(=O)c2ccc(-n3nc(-c4cccc(C(F)(F)F)c4)cc3N)cc2)c(OC)c1. The van der Waals surface area contributed by atoms with Crippen molar-refractivity contribution in [1.82, 2.24) is 15.1 Å². The molecule has 0 aliphatic heterocycles. The van der Waals surface area contributed by atoms with Crippen molar-refractivity contribution in [2.24, 2.45) is 0 Å². The standard InChI is InChI=1S/C26H23F3N4O3/c1-35-21-11-8-18(23(13-21)36-2)15-31-25(34)16-6-9-20(10-7-16)33-24(30)14-22(32-33)17-4-3-5-19(12-17)26(27,28)29/h3-14H,15,30H2,1-2H3,(H,31,34). The molecule has 36 heavy (non-hydrogen) atoms. The van der Waals surface area contributed by atoms with E-state index in [0.717, 1.165) is 17.7 Å². The minimum atomic E-state index is -4.46. The summed E-state index contributed by atoms with van der Waals surface area (Å²) in [5.41, 5.74) is 7.65. The molecule has 0 spiro atoms. The van der Waals surface area contributed by atoms with Crippen LogP contribution < -0.4 is 20.5 Å². The van der Waals surface area contributed by atoms with E-state index >= 15 is 0 Å². The summed E-state index contributed by atoms with van der Waals surface area (Å²) < 4.78 is 51.1. The van der Waals surface area contributed by atoms with Crippen molar-refractivity contribution in [3.05, 3.63) is 89.5 Å². The van der Waals surface area contributed by atoms with Crippen molar-refractivity contribution in [3.63, 3.8) is 0 Å². The van der Waals surface area contributed by atoms with Crippen molar-refractivity contribution >= 4 is 11.7 Å². The molecular formula is C26H23F3N4O3. The first-order valence-electron chi connectivity index (χ1n) is 10.8. The number of benzene rings is 3. The summed E-state index contributed by atoms with van der Waals surface area (Å²) in [6.07, 6.45) is -4.46. The van der Waals surface area contributed by atoms with Crippen LogP contribution in [0.1, 0.15) is 21.5 Å². The first-order chi connectivity index (χ1) is 17.2. The molecule has 3 N–H and O–H groups in total. The third kappa shape index (κ3) is 5.27. The van der Waals surface area contributed by atoms with E-state index in [4.69, 9.17) is 15.2 Å². The van der Waals surface area contributed by atoms with Crippen LogP contribution in [0, 0.1) is 0 Å². The Morgan fingerprint density at radius 2 is 1.75 bits per heavy atom. The van der Waals surface area contributed by atoms with Gasteiger partial charge in [-0.2, -0.15) is 18.3 Å². The van der Waals surface area contributed by atoms with Gasteiger partial charge in [0.1, 0.15) is 17.3 Å². The Balaban J connectivity index is 1.48. The predicted molar refractivity (Wildman–Crippen MR) is 129 cm³/mol. The molecule has 0 saturated carbocycles. The molecule has 1 heterocycles. The largest absolute Gasteiger partial charge is 0.497 e. The van der Waals surface area contributed by atoms with E-state index < -0.39 is 11.7 Å². The molecule has 3 aromatic carbocycles. The highest BCUT2D eigenvalue weighted by molar-refractivity contribution is 5.94. The molecule has 186 valence electrons. The number of amides is 1. The van der Waals surface area contributed by atoms with E-state index in [-0.39, 0.29) is 18.3 Å². The number of nitrogens with two attached hydrogens (primary N) is 1. The Morgan fingerprint density at radius 1 is 1.00 bits per heavy atom. The predicted octanol–water partition coefficient (Wildman–Crippen LogP) is 5.09. The van der Waals surface area contributed by atoms with E-state index in [9.17, 15) is 18.0 Å². The fourth-order valence-corrected chi connectivity index (χ4v) is 3.63. The van der Waals surface area contributed by atoms with Crippen molar-refractivity contribution in [2.75, 3.05) is 20.0 Å². The van der Waals surface area contributed by atoms with Gasteiger partial charge in [-0.05, 0) is 48.5 Å². The lowest BCUT2D eigenvalue weighted by molar-refractivity contribution is -0.137. The van der Waals surface area contributed by atoms with Crippen LogP contribution >= 0.6 is 0 Å².